The summed E-state index contributed by atoms with van der Waals surface area (Å²) in [6.45, 7) is 7.45. The number of Topliss-reactive ketones (excluding diaryl/α,β-unsaturated/α-hetero) is 1. The molecule has 0 bridgehead atoms. The number of hydrogen-bond acceptors (Lipinski definition) is 5. The van der Waals surface area contributed by atoms with Gasteiger partial charge in [0.05, 0.1) is 12.2 Å². The van der Waals surface area contributed by atoms with Crippen molar-refractivity contribution < 1.29 is 14.3 Å². The summed E-state index contributed by atoms with van der Waals surface area (Å²) in [5, 5.41) is 0.936. The molecule has 4 nitrogen and oxygen atoms in total. The van der Waals surface area contributed by atoms with Gasteiger partial charge in [-0.1, -0.05) is 0 Å². The van der Waals surface area contributed by atoms with Gasteiger partial charge in [0.2, 0.25) is 0 Å². The van der Waals surface area contributed by atoms with Gasteiger partial charge in [-0.3, -0.25) is 4.79 Å². The van der Waals surface area contributed by atoms with E-state index in [1.807, 2.05) is 6.92 Å². The van der Waals surface area contributed by atoms with Crippen LogP contribution in [0.2, 0.25) is 0 Å². The van der Waals surface area contributed by atoms with Crippen molar-refractivity contribution in [3.05, 3.63) is 16.0 Å². The summed E-state index contributed by atoms with van der Waals surface area (Å²) in [5.41, 5.74) is 1.45. The van der Waals surface area contributed by atoms with Crippen molar-refractivity contribution in [1.82, 2.24) is 0 Å². The molecule has 2 rings (SSSR count). The average molecular weight is 281 g/mol. The van der Waals surface area contributed by atoms with Crippen molar-refractivity contribution in [2.24, 2.45) is 0 Å². The first-order valence-electron chi connectivity index (χ1n) is 6.62. The van der Waals surface area contributed by atoms with E-state index in [1.54, 1.807) is 13.8 Å². The van der Waals surface area contributed by atoms with Gasteiger partial charge >= 0.3 is 5.97 Å². The van der Waals surface area contributed by atoms with E-state index in [-0.39, 0.29) is 11.8 Å². The largest absolute Gasteiger partial charge is 0.462 e. The van der Waals surface area contributed by atoms with Gasteiger partial charge in [0, 0.05) is 13.1 Å². The van der Waals surface area contributed by atoms with E-state index in [0.717, 1.165) is 36.5 Å². The highest BCUT2D eigenvalue weighted by atomic mass is 32.1. The van der Waals surface area contributed by atoms with Crippen LogP contribution in [-0.2, 0) is 4.74 Å². The molecule has 0 N–H and O–H groups in total. The van der Waals surface area contributed by atoms with Crippen LogP contribution in [0.5, 0.6) is 0 Å². The van der Waals surface area contributed by atoms with Crippen LogP contribution in [0.3, 0.4) is 0 Å². The molecule has 1 aliphatic rings. The van der Waals surface area contributed by atoms with Crippen LogP contribution in [0, 0.1) is 6.92 Å². The molecule has 1 aromatic rings. The second kappa shape index (κ2) is 5.74. The number of ketones is 1. The highest BCUT2D eigenvalue weighted by Gasteiger charge is 2.27. The summed E-state index contributed by atoms with van der Waals surface area (Å²) in [6.07, 6.45) is 2.28. The third-order valence-corrected chi connectivity index (χ3v) is 4.67. The van der Waals surface area contributed by atoms with Gasteiger partial charge in [-0.2, -0.15) is 0 Å². The quantitative estimate of drug-likeness (QED) is 0.628. The maximum Gasteiger partial charge on any atom is 0.348 e. The third-order valence-electron chi connectivity index (χ3n) is 3.33. The Hall–Kier alpha value is -1.36. The summed E-state index contributed by atoms with van der Waals surface area (Å²) >= 11 is 1.39. The minimum Gasteiger partial charge on any atom is -0.462 e. The van der Waals surface area contributed by atoms with Crippen LogP contribution in [0.25, 0.3) is 0 Å². The molecule has 1 aromatic heterocycles. The number of thiophene rings is 1. The van der Waals surface area contributed by atoms with Crippen LogP contribution < -0.4 is 4.90 Å². The lowest BCUT2D eigenvalue weighted by Crippen LogP contribution is -2.18. The van der Waals surface area contributed by atoms with Gasteiger partial charge in [0.15, 0.2) is 5.78 Å². The van der Waals surface area contributed by atoms with Gasteiger partial charge in [0.1, 0.15) is 9.88 Å². The number of esters is 1. The Morgan fingerprint density at radius 3 is 2.47 bits per heavy atom. The monoisotopic (exact) mass is 281 g/mol. The lowest BCUT2D eigenvalue weighted by molar-refractivity contribution is 0.0531. The van der Waals surface area contributed by atoms with Crippen LogP contribution in [-0.4, -0.2) is 31.4 Å². The molecule has 1 aliphatic heterocycles. The Morgan fingerprint density at radius 2 is 1.95 bits per heavy atom. The van der Waals surface area contributed by atoms with E-state index in [1.165, 1.54) is 11.3 Å². The van der Waals surface area contributed by atoms with Crippen LogP contribution in [0.15, 0.2) is 0 Å². The Morgan fingerprint density at radius 1 is 1.32 bits per heavy atom. The van der Waals surface area contributed by atoms with Crippen molar-refractivity contribution in [3.8, 4) is 0 Å². The van der Waals surface area contributed by atoms with E-state index in [4.69, 9.17) is 4.74 Å². The maximum atomic E-state index is 11.9. The minimum absolute atomic E-state index is 0.0196. The van der Waals surface area contributed by atoms with Crippen molar-refractivity contribution in [2.45, 2.75) is 33.6 Å². The first-order valence-corrected chi connectivity index (χ1v) is 7.44. The van der Waals surface area contributed by atoms with Gasteiger partial charge in [0.25, 0.3) is 0 Å². The number of nitrogens with zero attached hydrogens (tertiary/aromatic N) is 1. The van der Waals surface area contributed by atoms with E-state index in [2.05, 4.69) is 4.90 Å². The fraction of sp³-hybridized carbons (Fsp3) is 0.571. The van der Waals surface area contributed by atoms with Crippen molar-refractivity contribution in [3.63, 3.8) is 0 Å². The number of ether oxygens (including phenoxy) is 1. The number of rotatable bonds is 4. The van der Waals surface area contributed by atoms with Crippen molar-refractivity contribution >= 4 is 28.1 Å². The Balaban J connectivity index is 2.44. The van der Waals surface area contributed by atoms with Gasteiger partial charge in [-0.15, -0.1) is 11.3 Å². The van der Waals surface area contributed by atoms with E-state index in [0.29, 0.717) is 17.0 Å². The lowest BCUT2D eigenvalue weighted by Gasteiger charge is -2.16. The predicted molar refractivity (Wildman–Crippen MR) is 76.5 cm³/mol. The molecule has 1 saturated heterocycles. The summed E-state index contributed by atoms with van der Waals surface area (Å²) in [6, 6.07) is 0. The van der Waals surface area contributed by atoms with Crippen molar-refractivity contribution in [2.75, 3.05) is 24.6 Å². The molecular formula is C14H19NO3S. The molecule has 5 heteroatoms. The minimum atomic E-state index is -0.321. The first-order chi connectivity index (χ1) is 9.06. The number of carbonyl (C=O) groups excluding carboxylic acids is 2. The Bertz CT molecular complexity index is 501. The Kier molecular flexibility index (Phi) is 4.24. The molecule has 0 atom stereocenters. The number of hydrogen-bond donors (Lipinski definition) is 0. The topological polar surface area (TPSA) is 46.6 Å². The first kappa shape index (κ1) is 14.1. The SMILES string of the molecule is CCOC(=O)c1sc(N2CCCC2)c(C(C)=O)c1C. The molecule has 0 spiro atoms. The average Bonchev–Trinajstić information content (AvgIpc) is 2.95. The summed E-state index contributed by atoms with van der Waals surface area (Å²) in [7, 11) is 0. The van der Waals surface area contributed by atoms with Gasteiger partial charge in [-0.05, 0) is 39.2 Å². The zero-order chi connectivity index (χ0) is 14.0. The summed E-state index contributed by atoms with van der Waals surface area (Å²) < 4.78 is 5.06. The number of carbonyl (C=O) groups is 2. The molecule has 2 heterocycles. The summed E-state index contributed by atoms with van der Waals surface area (Å²) in [5.74, 6) is -0.302. The van der Waals surface area contributed by atoms with Crippen molar-refractivity contribution in [1.29, 1.82) is 0 Å². The molecule has 0 unspecified atom stereocenters. The molecular weight excluding hydrogens is 262 g/mol. The smallest absolute Gasteiger partial charge is 0.348 e. The predicted octanol–water partition coefficient (Wildman–Crippen LogP) is 3.04. The van der Waals surface area contributed by atoms with Crippen LogP contribution >= 0.6 is 11.3 Å². The standard InChI is InChI=1S/C14H19NO3S/c1-4-18-14(17)12-9(2)11(10(3)16)13(19-12)15-7-5-6-8-15/h4-8H2,1-3H3. The molecule has 0 radical (unpaired) electrons. The Labute approximate surface area is 117 Å². The van der Waals surface area contributed by atoms with Crippen LogP contribution in [0.1, 0.15) is 52.3 Å². The maximum absolute atomic E-state index is 11.9. The van der Waals surface area contributed by atoms with E-state index < -0.39 is 0 Å². The molecule has 1 fully saturated rings. The second-order valence-electron chi connectivity index (χ2n) is 4.71. The van der Waals surface area contributed by atoms with Gasteiger partial charge in [-0.25, -0.2) is 4.79 Å². The normalized spacial score (nSPS) is 14.8. The highest BCUT2D eigenvalue weighted by Crippen LogP contribution is 2.38. The zero-order valence-corrected chi connectivity index (χ0v) is 12.4. The molecule has 0 aliphatic carbocycles. The number of anilines is 1. The molecule has 19 heavy (non-hydrogen) atoms. The second-order valence-corrected chi connectivity index (χ2v) is 5.71. The van der Waals surface area contributed by atoms with E-state index in [9.17, 15) is 9.59 Å². The lowest BCUT2D eigenvalue weighted by atomic mass is 10.1. The highest BCUT2D eigenvalue weighted by molar-refractivity contribution is 7.18. The van der Waals surface area contributed by atoms with Gasteiger partial charge < -0.3 is 9.64 Å². The summed E-state index contributed by atoms with van der Waals surface area (Å²) in [4.78, 5) is 26.6. The fourth-order valence-electron chi connectivity index (χ4n) is 2.45. The fourth-order valence-corrected chi connectivity index (χ4v) is 3.75. The third kappa shape index (κ3) is 2.66. The molecule has 104 valence electrons. The molecule has 0 saturated carbocycles. The molecule has 0 aromatic carbocycles. The van der Waals surface area contributed by atoms with Crippen LogP contribution in [0.4, 0.5) is 5.00 Å². The molecule has 0 amide bonds. The van der Waals surface area contributed by atoms with E-state index >= 15 is 0 Å². The zero-order valence-electron chi connectivity index (χ0n) is 11.6.